The molecule has 2 heterocycles. The number of hydrogen-bond donors (Lipinski definition) is 2. The van der Waals surface area contributed by atoms with Crippen molar-refractivity contribution in [3.8, 4) is 5.75 Å². The molecule has 7 heteroatoms. The fraction of sp³-hybridized carbons (Fsp3) is 0.364. The third-order valence-corrected chi connectivity index (χ3v) is 5.50. The Hall–Kier alpha value is -3.06. The summed E-state index contributed by atoms with van der Waals surface area (Å²) in [6, 6.07) is 17.8. The lowest BCUT2D eigenvalue weighted by Crippen LogP contribution is -3.15. The molecule has 2 aliphatic rings. The average molecular weight is 395 g/mol. The molecular formula is C22H27N4O3+. The van der Waals surface area contributed by atoms with Crippen molar-refractivity contribution in [3.63, 3.8) is 0 Å². The number of ether oxygens (including phenoxy) is 1. The highest BCUT2D eigenvalue weighted by atomic mass is 16.5. The molecule has 0 bridgehead atoms. The molecule has 152 valence electrons. The van der Waals surface area contributed by atoms with Crippen molar-refractivity contribution < 1.29 is 19.2 Å². The van der Waals surface area contributed by atoms with Crippen LogP contribution in [-0.4, -0.2) is 64.2 Å². The van der Waals surface area contributed by atoms with E-state index in [9.17, 15) is 9.59 Å². The standard InChI is InChI=1S/C22H26N4O3/c27-21(16-26-19-8-4-5-9-20(19)29-17-22(26)28)23-10-11-24-12-14-25(15-13-24)18-6-2-1-3-7-18/h1-9H,10-17H2,(H,23,27)/p+1. The van der Waals surface area contributed by atoms with Crippen LogP contribution in [0, 0.1) is 0 Å². The van der Waals surface area contributed by atoms with Crippen LogP contribution < -0.4 is 24.8 Å². The van der Waals surface area contributed by atoms with Crippen molar-refractivity contribution in [3.05, 3.63) is 54.6 Å². The number of fused-ring (bicyclic) bond motifs is 1. The third kappa shape index (κ3) is 4.68. The molecule has 2 aliphatic heterocycles. The molecule has 1 saturated heterocycles. The van der Waals surface area contributed by atoms with Gasteiger partial charge in [0.15, 0.2) is 6.61 Å². The van der Waals surface area contributed by atoms with E-state index in [0.717, 1.165) is 32.7 Å². The van der Waals surface area contributed by atoms with E-state index in [2.05, 4.69) is 34.5 Å². The van der Waals surface area contributed by atoms with Gasteiger partial charge in [-0.25, -0.2) is 0 Å². The maximum absolute atomic E-state index is 12.4. The van der Waals surface area contributed by atoms with Crippen molar-refractivity contribution >= 4 is 23.2 Å². The number of piperazine rings is 1. The van der Waals surface area contributed by atoms with Gasteiger partial charge in [-0.2, -0.15) is 0 Å². The fourth-order valence-corrected chi connectivity index (χ4v) is 3.88. The second kappa shape index (κ2) is 8.96. The molecule has 0 saturated carbocycles. The van der Waals surface area contributed by atoms with Crippen molar-refractivity contribution in [2.24, 2.45) is 0 Å². The van der Waals surface area contributed by atoms with Crippen LogP contribution in [0.25, 0.3) is 0 Å². The van der Waals surface area contributed by atoms with Gasteiger partial charge in [-0.15, -0.1) is 0 Å². The lowest BCUT2D eigenvalue weighted by atomic mass is 10.2. The van der Waals surface area contributed by atoms with Gasteiger partial charge >= 0.3 is 0 Å². The summed E-state index contributed by atoms with van der Waals surface area (Å²) in [5, 5.41) is 2.96. The number of nitrogens with one attached hydrogen (secondary N) is 2. The number of anilines is 2. The molecule has 2 aromatic rings. The summed E-state index contributed by atoms with van der Waals surface area (Å²) < 4.78 is 5.42. The van der Waals surface area contributed by atoms with Crippen molar-refractivity contribution in [1.82, 2.24) is 5.32 Å². The first kappa shape index (κ1) is 19.3. The van der Waals surface area contributed by atoms with Gasteiger partial charge in [0.1, 0.15) is 12.3 Å². The molecule has 0 atom stereocenters. The zero-order chi connectivity index (χ0) is 20.1. The number of carbonyl (C=O) groups excluding carboxylic acids is 2. The maximum Gasteiger partial charge on any atom is 0.265 e. The minimum Gasteiger partial charge on any atom is -0.482 e. The van der Waals surface area contributed by atoms with Crippen LogP contribution in [0.5, 0.6) is 5.75 Å². The van der Waals surface area contributed by atoms with Gasteiger partial charge in [-0.05, 0) is 24.3 Å². The number of carbonyl (C=O) groups is 2. The molecule has 29 heavy (non-hydrogen) atoms. The van der Waals surface area contributed by atoms with E-state index in [0.29, 0.717) is 18.0 Å². The summed E-state index contributed by atoms with van der Waals surface area (Å²) in [4.78, 5) is 30.0. The Morgan fingerprint density at radius 3 is 2.55 bits per heavy atom. The van der Waals surface area contributed by atoms with Gasteiger partial charge in [0.05, 0.1) is 45.0 Å². The molecule has 4 rings (SSSR count). The van der Waals surface area contributed by atoms with E-state index in [1.165, 1.54) is 15.5 Å². The van der Waals surface area contributed by atoms with Crippen molar-refractivity contribution in [1.29, 1.82) is 0 Å². The van der Waals surface area contributed by atoms with Gasteiger partial charge in [0.2, 0.25) is 5.91 Å². The summed E-state index contributed by atoms with van der Waals surface area (Å²) in [5.41, 5.74) is 1.93. The van der Waals surface area contributed by atoms with E-state index in [1.54, 1.807) is 6.07 Å². The molecule has 0 aromatic heterocycles. The van der Waals surface area contributed by atoms with Crippen LogP contribution in [0.4, 0.5) is 11.4 Å². The van der Waals surface area contributed by atoms with E-state index in [4.69, 9.17) is 4.74 Å². The zero-order valence-corrected chi connectivity index (χ0v) is 16.5. The molecule has 1 fully saturated rings. The summed E-state index contributed by atoms with van der Waals surface area (Å²) in [6.07, 6.45) is 0. The van der Waals surface area contributed by atoms with E-state index in [1.807, 2.05) is 24.3 Å². The summed E-state index contributed by atoms with van der Waals surface area (Å²) in [5.74, 6) is 0.305. The first-order chi connectivity index (χ1) is 14.2. The second-order valence-electron chi connectivity index (χ2n) is 7.41. The highest BCUT2D eigenvalue weighted by Gasteiger charge is 2.27. The number of rotatable bonds is 6. The van der Waals surface area contributed by atoms with E-state index >= 15 is 0 Å². The lowest BCUT2D eigenvalue weighted by Gasteiger charge is -2.33. The molecule has 0 spiro atoms. The van der Waals surface area contributed by atoms with E-state index in [-0.39, 0.29) is 25.0 Å². The Morgan fingerprint density at radius 1 is 1.03 bits per heavy atom. The number of nitrogens with zero attached hydrogens (tertiary/aromatic N) is 2. The van der Waals surface area contributed by atoms with Crippen LogP contribution in [0.1, 0.15) is 0 Å². The van der Waals surface area contributed by atoms with Crippen molar-refractivity contribution in [2.45, 2.75) is 0 Å². The predicted molar refractivity (Wildman–Crippen MR) is 112 cm³/mol. The van der Waals surface area contributed by atoms with Crippen LogP contribution in [0.15, 0.2) is 54.6 Å². The quantitative estimate of drug-likeness (QED) is 0.719. The number of para-hydroxylation sites is 3. The maximum atomic E-state index is 12.4. The number of hydrogen-bond acceptors (Lipinski definition) is 4. The topological polar surface area (TPSA) is 66.3 Å². The lowest BCUT2D eigenvalue weighted by molar-refractivity contribution is -0.899. The Labute approximate surface area is 170 Å². The number of benzene rings is 2. The highest BCUT2D eigenvalue weighted by Crippen LogP contribution is 2.31. The van der Waals surface area contributed by atoms with Gasteiger partial charge < -0.3 is 19.9 Å². The molecular weight excluding hydrogens is 368 g/mol. The minimum absolute atomic E-state index is 0.0241. The van der Waals surface area contributed by atoms with Gasteiger partial charge in [0.25, 0.3) is 5.91 Å². The number of quaternary nitrogens is 1. The molecule has 2 aromatic carbocycles. The molecule has 7 nitrogen and oxygen atoms in total. The third-order valence-electron chi connectivity index (χ3n) is 5.50. The molecule has 0 aliphatic carbocycles. The summed E-state index contributed by atoms with van der Waals surface area (Å²) in [6.45, 7) is 5.65. The minimum atomic E-state index is -0.193. The van der Waals surface area contributed by atoms with Gasteiger partial charge in [-0.1, -0.05) is 30.3 Å². The van der Waals surface area contributed by atoms with Crippen LogP contribution in [-0.2, 0) is 9.59 Å². The van der Waals surface area contributed by atoms with Crippen LogP contribution in [0.2, 0.25) is 0 Å². The Bertz CT molecular complexity index is 850. The predicted octanol–water partition coefficient (Wildman–Crippen LogP) is -0.0667. The largest absolute Gasteiger partial charge is 0.482 e. The highest BCUT2D eigenvalue weighted by molar-refractivity contribution is 6.02. The molecule has 2 amide bonds. The smallest absolute Gasteiger partial charge is 0.265 e. The fourth-order valence-electron chi connectivity index (χ4n) is 3.88. The first-order valence-electron chi connectivity index (χ1n) is 10.1. The second-order valence-corrected chi connectivity index (χ2v) is 7.41. The monoisotopic (exact) mass is 395 g/mol. The van der Waals surface area contributed by atoms with Gasteiger partial charge in [0, 0.05) is 5.69 Å². The normalized spacial score (nSPS) is 16.9. The van der Waals surface area contributed by atoms with Gasteiger partial charge in [-0.3, -0.25) is 14.5 Å². The van der Waals surface area contributed by atoms with E-state index < -0.39 is 0 Å². The zero-order valence-electron chi connectivity index (χ0n) is 16.5. The average Bonchev–Trinajstić information content (AvgIpc) is 2.77. The first-order valence-corrected chi connectivity index (χ1v) is 10.1. The Morgan fingerprint density at radius 2 is 1.76 bits per heavy atom. The summed E-state index contributed by atoms with van der Waals surface area (Å²) in [7, 11) is 0. The molecule has 0 radical (unpaired) electrons. The van der Waals surface area contributed by atoms with Crippen LogP contribution in [0.3, 0.4) is 0 Å². The Balaban J connectivity index is 1.21. The number of amides is 2. The molecule has 2 N–H and O–H groups in total. The summed E-state index contributed by atoms with van der Waals surface area (Å²) >= 11 is 0. The molecule has 0 unspecified atom stereocenters. The van der Waals surface area contributed by atoms with Crippen LogP contribution >= 0.6 is 0 Å². The Kier molecular flexibility index (Phi) is 5.95. The SMILES string of the molecule is O=C(CN1C(=O)COc2ccccc21)NCC[NH+]1CCN(c2ccccc2)CC1. The van der Waals surface area contributed by atoms with Crippen molar-refractivity contribution in [2.75, 3.05) is 62.2 Å².